The van der Waals surface area contributed by atoms with Crippen molar-refractivity contribution in [2.75, 3.05) is 52.5 Å². The third-order valence-corrected chi connectivity index (χ3v) is 10.3. The third-order valence-electron chi connectivity index (χ3n) is 10.3. The molecule has 0 aromatic carbocycles. The highest BCUT2D eigenvalue weighted by Gasteiger charge is 2.53. The molecule has 5 unspecified atom stereocenters. The molecule has 3 heterocycles. The number of ether oxygens (including phenoxy) is 6. The first kappa shape index (κ1) is 52.6. The van der Waals surface area contributed by atoms with Gasteiger partial charge in [0.1, 0.15) is 61.4 Å². The van der Waals surface area contributed by atoms with Crippen LogP contribution in [0.5, 0.6) is 0 Å². The molecule has 0 saturated carbocycles. The molecule has 0 aliphatic carbocycles. The first-order chi connectivity index (χ1) is 29.4. The zero-order valence-corrected chi connectivity index (χ0v) is 34.9. The standard InChI is InChI=1S/C37H63N5O20/c1-4-42(15-27(51)52)26(50)14-40-25(49)13-39-24(48)9-6-5-8-23(47)38-10-7-11-57-37-35(61-28-12-20(46)30(53)18(2)58-28)34(32(55)22(17-44)60-37)62-36-29(41-19(3)45)33(56)31(54)21(16-43)59-36/h18,20-22,28-37,43-44,46,53-56H,4-17H2,1-3H3,(H,38,47)(H,39,48)(H,40,49)(H,41,45)(H,51,52)/t18?,20-,21?,22?,28+,29?,30-,31+,32+,33-,34?,35+,36-,37-/m1/s1. The predicted molar refractivity (Wildman–Crippen MR) is 206 cm³/mol. The van der Waals surface area contributed by atoms with Crippen LogP contribution >= 0.6 is 0 Å². The molecule has 0 aromatic heterocycles. The van der Waals surface area contributed by atoms with E-state index in [1.807, 2.05) is 0 Å². The minimum Gasteiger partial charge on any atom is -0.480 e. The number of hydrogen-bond acceptors (Lipinski definition) is 19. The molecule has 5 amide bonds. The maximum atomic E-state index is 12.5. The number of amides is 5. The van der Waals surface area contributed by atoms with Crippen LogP contribution < -0.4 is 21.3 Å². The van der Waals surface area contributed by atoms with Gasteiger partial charge in [0.25, 0.3) is 0 Å². The average Bonchev–Trinajstić information content (AvgIpc) is 3.22. The number of carbonyl (C=O) groups excluding carboxylic acids is 5. The number of carboxylic acid groups (broad SMARTS) is 1. The maximum Gasteiger partial charge on any atom is 0.323 e. The minimum atomic E-state index is -1.70. The normalized spacial score (nSPS) is 32.3. The van der Waals surface area contributed by atoms with Crippen LogP contribution in [-0.4, -0.2) is 220 Å². The van der Waals surface area contributed by atoms with Crippen LogP contribution in [0, 0.1) is 0 Å². The van der Waals surface area contributed by atoms with E-state index >= 15 is 0 Å². The second-order valence-corrected chi connectivity index (χ2v) is 15.1. The SMILES string of the molecule is CCN(CC(=O)O)C(=O)CNC(=O)CNC(=O)CCCCC(=O)NCCCO[C@@H]1OC(CO)[C@H](O)C(O[C@H]2OC(CO)[C@H](O)[C@H](O)C2NC(C)=O)[C@@H]1O[C@H]1C[C@@H](O)[C@H](O)C(C)O1. The summed E-state index contributed by atoms with van der Waals surface area (Å²) < 4.78 is 35.5. The smallest absolute Gasteiger partial charge is 0.323 e. The van der Waals surface area contributed by atoms with Gasteiger partial charge in [0, 0.05) is 39.3 Å². The lowest BCUT2D eigenvalue weighted by molar-refractivity contribution is -0.375. The highest BCUT2D eigenvalue weighted by Crippen LogP contribution is 2.33. The summed E-state index contributed by atoms with van der Waals surface area (Å²) in [6, 6.07) is -1.42. The van der Waals surface area contributed by atoms with E-state index in [2.05, 4.69) is 21.3 Å². The first-order valence-electron chi connectivity index (χ1n) is 20.5. The molecular formula is C37H63N5O20. The lowest BCUT2D eigenvalue weighted by Crippen LogP contribution is -2.68. The summed E-state index contributed by atoms with van der Waals surface area (Å²) in [6.45, 7) is 1.55. The second kappa shape index (κ2) is 26.2. The van der Waals surface area contributed by atoms with Crippen molar-refractivity contribution in [3.63, 3.8) is 0 Å². The first-order valence-corrected chi connectivity index (χ1v) is 20.5. The number of carboxylic acids is 1. The quantitative estimate of drug-likeness (QED) is 0.0401. The Balaban J connectivity index is 1.53. The molecule has 0 spiro atoms. The predicted octanol–water partition coefficient (Wildman–Crippen LogP) is -6.12. The number of nitrogens with one attached hydrogen (secondary N) is 4. The number of nitrogens with zero attached hydrogens (tertiary/aromatic N) is 1. The van der Waals surface area contributed by atoms with Crippen LogP contribution in [-0.2, 0) is 57.2 Å². The average molecular weight is 898 g/mol. The Morgan fingerprint density at radius 1 is 0.726 bits per heavy atom. The molecule has 25 heteroatoms. The summed E-state index contributed by atoms with van der Waals surface area (Å²) in [7, 11) is 0. The highest BCUT2D eigenvalue weighted by molar-refractivity contribution is 5.89. The summed E-state index contributed by atoms with van der Waals surface area (Å²) in [5.74, 6) is -3.85. The minimum absolute atomic E-state index is 0.0179. The van der Waals surface area contributed by atoms with Crippen molar-refractivity contribution in [1.29, 1.82) is 0 Å². The molecule has 0 radical (unpaired) electrons. The lowest BCUT2D eigenvalue weighted by Gasteiger charge is -2.49. The molecule has 0 bridgehead atoms. The fourth-order valence-corrected chi connectivity index (χ4v) is 6.82. The Bertz CT molecular complexity index is 1450. The van der Waals surface area contributed by atoms with Gasteiger partial charge >= 0.3 is 5.97 Å². The topological polar surface area (TPSA) is 371 Å². The van der Waals surface area contributed by atoms with Gasteiger partial charge in [-0.1, -0.05) is 0 Å². The number of aliphatic hydroxyl groups is 7. The monoisotopic (exact) mass is 897 g/mol. The van der Waals surface area contributed by atoms with Gasteiger partial charge in [-0.05, 0) is 33.1 Å². The van der Waals surface area contributed by atoms with E-state index in [0.717, 1.165) is 11.8 Å². The van der Waals surface area contributed by atoms with Gasteiger partial charge in [-0.15, -0.1) is 0 Å². The fraction of sp³-hybridized carbons (Fsp3) is 0.838. The van der Waals surface area contributed by atoms with Gasteiger partial charge in [-0.3, -0.25) is 28.8 Å². The van der Waals surface area contributed by atoms with Crippen molar-refractivity contribution in [2.24, 2.45) is 0 Å². The fourth-order valence-electron chi connectivity index (χ4n) is 6.82. The summed E-state index contributed by atoms with van der Waals surface area (Å²) in [6.07, 6.45) is -17.7. The Hall–Kier alpha value is -3.70. The summed E-state index contributed by atoms with van der Waals surface area (Å²) in [4.78, 5) is 72.6. The van der Waals surface area contributed by atoms with Crippen molar-refractivity contribution in [2.45, 2.75) is 145 Å². The molecule has 3 aliphatic heterocycles. The van der Waals surface area contributed by atoms with Crippen LogP contribution in [0.25, 0.3) is 0 Å². The van der Waals surface area contributed by atoms with Crippen molar-refractivity contribution < 1.29 is 98.0 Å². The molecule has 0 aromatic rings. The zero-order valence-electron chi connectivity index (χ0n) is 34.9. The largest absolute Gasteiger partial charge is 0.480 e. The molecule has 3 fully saturated rings. The number of aliphatic hydroxyl groups excluding tert-OH is 7. The molecule has 356 valence electrons. The van der Waals surface area contributed by atoms with E-state index in [1.54, 1.807) is 6.92 Å². The lowest BCUT2D eigenvalue weighted by atomic mass is 9.95. The van der Waals surface area contributed by atoms with Crippen LogP contribution in [0.15, 0.2) is 0 Å². The summed E-state index contributed by atoms with van der Waals surface area (Å²) in [5.41, 5.74) is 0. The molecule has 3 saturated heterocycles. The second-order valence-electron chi connectivity index (χ2n) is 15.1. The zero-order chi connectivity index (χ0) is 46.1. The van der Waals surface area contributed by atoms with Gasteiger partial charge in [0.05, 0.1) is 45.1 Å². The van der Waals surface area contributed by atoms with Gasteiger partial charge < -0.3 is 95.4 Å². The molecule has 3 aliphatic rings. The van der Waals surface area contributed by atoms with Gasteiger partial charge in [-0.2, -0.15) is 0 Å². The van der Waals surface area contributed by atoms with E-state index in [4.69, 9.17) is 33.5 Å². The van der Waals surface area contributed by atoms with Crippen LogP contribution in [0.2, 0.25) is 0 Å². The van der Waals surface area contributed by atoms with E-state index in [0.29, 0.717) is 12.8 Å². The van der Waals surface area contributed by atoms with Crippen molar-refractivity contribution >= 4 is 35.5 Å². The number of likely N-dealkylation sites (N-methyl/N-ethyl adjacent to an activating group) is 1. The number of unbranched alkanes of at least 4 members (excludes halogenated alkanes) is 1. The summed E-state index contributed by atoms with van der Waals surface area (Å²) in [5, 5.41) is 92.0. The molecule has 12 N–H and O–H groups in total. The van der Waals surface area contributed by atoms with E-state index in [1.165, 1.54) is 6.92 Å². The van der Waals surface area contributed by atoms with Gasteiger partial charge in [0.2, 0.25) is 29.5 Å². The number of hydrogen-bond donors (Lipinski definition) is 12. The number of aliphatic carboxylic acids is 1. The Labute approximate surface area is 357 Å². The Morgan fingerprint density at radius 3 is 1.94 bits per heavy atom. The van der Waals surface area contributed by atoms with E-state index in [-0.39, 0.29) is 51.3 Å². The van der Waals surface area contributed by atoms with E-state index in [9.17, 15) is 64.5 Å². The Kier molecular flexibility index (Phi) is 22.2. The molecule has 62 heavy (non-hydrogen) atoms. The van der Waals surface area contributed by atoms with Crippen LogP contribution in [0.4, 0.5) is 0 Å². The third kappa shape index (κ3) is 16.1. The molecule has 25 nitrogen and oxygen atoms in total. The summed E-state index contributed by atoms with van der Waals surface area (Å²) >= 11 is 0. The molecular weight excluding hydrogens is 834 g/mol. The van der Waals surface area contributed by atoms with Crippen molar-refractivity contribution in [3.8, 4) is 0 Å². The van der Waals surface area contributed by atoms with E-state index < -0.39 is 148 Å². The number of rotatable bonds is 24. The van der Waals surface area contributed by atoms with Crippen molar-refractivity contribution in [1.82, 2.24) is 26.2 Å². The van der Waals surface area contributed by atoms with Crippen molar-refractivity contribution in [3.05, 3.63) is 0 Å². The van der Waals surface area contributed by atoms with Gasteiger partial charge in [-0.25, -0.2) is 0 Å². The van der Waals surface area contributed by atoms with Crippen LogP contribution in [0.3, 0.4) is 0 Å². The van der Waals surface area contributed by atoms with Gasteiger partial charge in [0.15, 0.2) is 18.9 Å². The maximum absolute atomic E-state index is 12.5. The number of carbonyl (C=O) groups is 6. The van der Waals surface area contributed by atoms with Crippen LogP contribution in [0.1, 0.15) is 59.3 Å². The highest BCUT2D eigenvalue weighted by atomic mass is 16.8. The molecule has 3 rings (SSSR count). The Morgan fingerprint density at radius 2 is 1.34 bits per heavy atom. The molecule has 14 atom stereocenters.